The van der Waals surface area contributed by atoms with Gasteiger partial charge in [0, 0.05) is 27.8 Å². The summed E-state index contributed by atoms with van der Waals surface area (Å²) in [5, 5.41) is 0. The molecule has 2 aliphatic rings. The van der Waals surface area contributed by atoms with Crippen LogP contribution < -0.4 is 4.74 Å². The molecule has 1 aliphatic carbocycles. The summed E-state index contributed by atoms with van der Waals surface area (Å²) >= 11 is 0. The Kier molecular flexibility index (Phi) is 6.70. The third-order valence-electron chi connectivity index (χ3n) is 10.2. The number of nitrogens with zero attached hydrogens (tertiary/aromatic N) is 4. The fourth-order valence-corrected chi connectivity index (χ4v) is 7.91. The van der Waals surface area contributed by atoms with E-state index in [2.05, 4.69) is 83.7 Å². The van der Waals surface area contributed by atoms with E-state index in [0.717, 1.165) is 72.7 Å². The van der Waals surface area contributed by atoms with E-state index >= 15 is 0 Å². The number of ether oxygens (including phenoxy) is 1. The van der Waals surface area contributed by atoms with Gasteiger partial charge in [-0.1, -0.05) is 146 Å². The van der Waals surface area contributed by atoms with Gasteiger partial charge in [0.25, 0.3) is 0 Å². The molecule has 2 heterocycles. The van der Waals surface area contributed by atoms with Crippen LogP contribution in [-0.4, -0.2) is 15.0 Å². The molecule has 1 spiro atoms. The average Bonchev–Trinajstić information content (AvgIpc) is 3.50. The van der Waals surface area contributed by atoms with Crippen molar-refractivity contribution in [1.82, 2.24) is 15.0 Å². The van der Waals surface area contributed by atoms with Crippen LogP contribution in [0.5, 0.6) is 11.5 Å². The number of aromatic nitrogens is 3. The Hall–Kier alpha value is -7.16. The first-order valence-corrected chi connectivity index (χ1v) is 17.2. The lowest BCUT2D eigenvalue weighted by molar-refractivity contribution is 0.436. The number of hydrogen-bond donors (Lipinski definition) is 0. The number of hydrogen-bond acceptors (Lipinski definition) is 4. The zero-order chi connectivity index (χ0) is 34.6. The molecule has 10 rings (SSSR count). The molecule has 0 atom stereocenters. The first kappa shape index (κ1) is 29.7. The van der Waals surface area contributed by atoms with Gasteiger partial charge in [0.2, 0.25) is 0 Å². The summed E-state index contributed by atoms with van der Waals surface area (Å²) in [6, 6.07) is 57.9. The molecule has 0 saturated heterocycles. The molecule has 0 radical (unpaired) electrons. The predicted octanol–water partition coefficient (Wildman–Crippen LogP) is 11.6. The van der Waals surface area contributed by atoms with E-state index < -0.39 is 5.41 Å². The van der Waals surface area contributed by atoms with Crippen molar-refractivity contribution in [3.8, 4) is 67.9 Å². The summed E-state index contributed by atoms with van der Waals surface area (Å²) in [6.07, 6.45) is 0. The van der Waals surface area contributed by atoms with E-state index in [0.29, 0.717) is 23.2 Å². The molecule has 0 amide bonds. The van der Waals surface area contributed by atoms with Crippen molar-refractivity contribution in [2.75, 3.05) is 0 Å². The van der Waals surface area contributed by atoms with Gasteiger partial charge in [-0.3, -0.25) is 0 Å². The predicted molar refractivity (Wildman–Crippen MR) is 205 cm³/mol. The van der Waals surface area contributed by atoms with Gasteiger partial charge in [0.05, 0.1) is 12.0 Å². The van der Waals surface area contributed by atoms with Crippen molar-refractivity contribution < 1.29 is 4.74 Å². The van der Waals surface area contributed by atoms with Gasteiger partial charge in [-0.2, -0.15) is 0 Å². The van der Waals surface area contributed by atoms with E-state index in [1.807, 2.05) is 91.0 Å². The maximum Gasteiger partial charge on any atom is 0.187 e. The summed E-state index contributed by atoms with van der Waals surface area (Å²) in [7, 11) is 0. The minimum atomic E-state index is -0.673. The quantitative estimate of drug-likeness (QED) is 0.176. The highest BCUT2D eigenvalue weighted by Gasteiger charge is 2.51. The molecule has 5 nitrogen and oxygen atoms in total. The molecule has 0 bridgehead atoms. The standard InChI is InChI=1S/C47H28N4O/c1-48-35-24-26-37-36-25-23-33(28-40(36)47(41(37)29-35)38-19-8-10-21-42(38)52-43-22-11-9-20-39(43)47)32-17-12-18-34(27-32)46-50-44(30-13-4-2-5-14-30)49-45(51-46)31-15-6-3-7-16-31/h2-29H. The van der Waals surface area contributed by atoms with Crippen LogP contribution in [0.15, 0.2) is 170 Å². The van der Waals surface area contributed by atoms with E-state index in [1.165, 1.54) is 0 Å². The smallest absolute Gasteiger partial charge is 0.187 e. The second kappa shape index (κ2) is 11.7. The molecule has 0 unspecified atom stereocenters. The number of fused-ring (bicyclic) bond motifs is 9. The van der Waals surface area contributed by atoms with E-state index in [9.17, 15) is 0 Å². The first-order valence-electron chi connectivity index (χ1n) is 17.2. The highest BCUT2D eigenvalue weighted by atomic mass is 16.5. The monoisotopic (exact) mass is 664 g/mol. The maximum absolute atomic E-state index is 7.91. The molecule has 5 heteroatoms. The normalized spacial score (nSPS) is 12.9. The van der Waals surface area contributed by atoms with Gasteiger partial charge >= 0.3 is 0 Å². The van der Waals surface area contributed by atoms with Crippen LogP contribution in [0.2, 0.25) is 0 Å². The van der Waals surface area contributed by atoms with E-state index in [-0.39, 0.29) is 0 Å². The molecule has 7 aromatic carbocycles. The maximum atomic E-state index is 7.91. The van der Waals surface area contributed by atoms with Crippen molar-refractivity contribution >= 4 is 5.69 Å². The minimum Gasteiger partial charge on any atom is -0.457 e. The van der Waals surface area contributed by atoms with Crippen LogP contribution in [0.4, 0.5) is 5.69 Å². The SMILES string of the molecule is [C-]#[N+]c1ccc2c(c1)C1(c3ccccc3Oc3ccccc31)c1cc(-c3cccc(-c4nc(-c5ccccc5)nc(-c5ccccc5)n4)c3)ccc1-2. The number of rotatable bonds is 4. The molecule has 0 fully saturated rings. The van der Waals surface area contributed by atoms with Crippen molar-refractivity contribution in [1.29, 1.82) is 0 Å². The minimum absolute atomic E-state index is 0.610. The molecule has 0 N–H and O–H groups in total. The zero-order valence-corrected chi connectivity index (χ0v) is 27.9. The lowest BCUT2D eigenvalue weighted by atomic mass is 9.66. The van der Waals surface area contributed by atoms with Crippen LogP contribution in [0.1, 0.15) is 22.3 Å². The summed E-state index contributed by atoms with van der Waals surface area (Å²) in [5.74, 6) is 3.50. The van der Waals surface area contributed by atoms with Crippen molar-refractivity contribution in [2.45, 2.75) is 5.41 Å². The van der Waals surface area contributed by atoms with Gasteiger partial charge in [0.15, 0.2) is 23.2 Å². The van der Waals surface area contributed by atoms with Crippen molar-refractivity contribution in [3.63, 3.8) is 0 Å². The molecular formula is C47H28N4O. The Labute approximate surface area is 301 Å². The molecule has 1 aromatic heterocycles. The lowest BCUT2D eigenvalue weighted by Gasteiger charge is -2.39. The second-order valence-electron chi connectivity index (χ2n) is 13.1. The van der Waals surface area contributed by atoms with Gasteiger partial charge < -0.3 is 4.74 Å². The fourth-order valence-electron chi connectivity index (χ4n) is 7.91. The van der Waals surface area contributed by atoms with Gasteiger partial charge in [-0.25, -0.2) is 19.8 Å². The zero-order valence-electron chi connectivity index (χ0n) is 27.9. The van der Waals surface area contributed by atoms with Crippen LogP contribution in [0, 0.1) is 6.57 Å². The molecular weight excluding hydrogens is 637 g/mol. The van der Waals surface area contributed by atoms with E-state index in [1.54, 1.807) is 0 Å². The van der Waals surface area contributed by atoms with Crippen LogP contribution >= 0.6 is 0 Å². The molecule has 1 aliphatic heterocycles. The summed E-state index contributed by atoms with van der Waals surface area (Å²) < 4.78 is 6.53. The molecule has 0 saturated carbocycles. The van der Waals surface area contributed by atoms with Crippen LogP contribution in [-0.2, 0) is 5.41 Å². The Morgan fingerprint density at radius 1 is 0.404 bits per heavy atom. The summed E-state index contributed by atoms with van der Waals surface area (Å²) in [6.45, 7) is 7.91. The Bertz CT molecular complexity index is 2630. The Morgan fingerprint density at radius 3 is 1.50 bits per heavy atom. The molecule has 52 heavy (non-hydrogen) atoms. The number of para-hydroxylation sites is 2. The summed E-state index contributed by atoms with van der Waals surface area (Å²) in [4.78, 5) is 18.7. The van der Waals surface area contributed by atoms with Gasteiger partial charge in [-0.05, 0) is 57.6 Å². The molecule has 8 aromatic rings. The topological polar surface area (TPSA) is 52.3 Å². The Morgan fingerprint density at radius 2 is 0.885 bits per heavy atom. The van der Waals surface area contributed by atoms with Crippen molar-refractivity contribution in [3.05, 3.63) is 204 Å². The highest BCUT2D eigenvalue weighted by molar-refractivity contribution is 5.91. The lowest BCUT2D eigenvalue weighted by Crippen LogP contribution is -2.32. The van der Waals surface area contributed by atoms with Crippen molar-refractivity contribution in [2.24, 2.45) is 0 Å². The molecule has 242 valence electrons. The van der Waals surface area contributed by atoms with E-state index in [4.69, 9.17) is 26.3 Å². The fraction of sp³-hybridized carbons (Fsp3) is 0.0213. The Balaban J connectivity index is 1.17. The average molecular weight is 665 g/mol. The third-order valence-corrected chi connectivity index (χ3v) is 10.2. The largest absolute Gasteiger partial charge is 0.457 e. The highest BCUT2D eigenvalue weighted by Crippen LogP contribution is 2.62. The van der Waals surface area contributed by atoms with Crippen LogP contribution in [0.3, 0.4) is 0 Å². The summed E-state index contributed by atoms with van der Waals surface area (Å²) in [5.41, 5.74) is 11.5. The van der Waals surface area contributed by atoms with Gasteiger partial charge in [-0.15, -0.1) is 0 Å². The first-order chi connectivity index (χ1) is 25.7. The third kappa shape index (κ3) is 4.52. The second-order valence-corrected chi connectivity index (χ2v) is 13.1. The number of benzene rings is 7. The van der Waals surface area contributed by atoms with Gasteiger partial charge in [0.1, 0.15) is 11.5 Å². The van der Waals surface area contributed by atoms with Crippen LogP contribution in [0.25, 0.3) is 61.3 Å².